The first kappa shape index (κ1) is 12.1. The van der Waals surface area contributed by atoms with Crippen molar-refractivity contribution in [3.05, 3.63) is 29.8 Å². The van der Waals surface area contributed by atoms with Crippen molar-refractivity contribution in [3.8, 4) is 0 Å². The Balaban J connectivity index is 2.35. The maximum atomic E-state index is 12.4. The average Bonchev–Trinajstić information content (AvgIpc) is 2.30. The lowest BCUT2D eigenvalue weighted by Crippen LogP contribution is -2.27. The van der Waals surface area contributed by atoms with Gasteiger partial charge in [0.25, 0.3) is 0 Å². The fraction of sp³-hybridized carbons (Fsp3) is 0.500. The summed E-state index contributed by atoms with van der Waals surface area (Å²) in [7, 11) is -2.27. The predicted octanol–water partition coefficient (Wildman–Crippen LogP) is 2.61. The molecule has 0 N–H and O–H groups in total. The number of sulfone groups is 1. The van der Waals surface area contributed by atoms with Gasteiger partial charge in [-0.25, -0.2) is 8.42 Å². The van der Waals surface area contributed by atoms with Crippen LogP contribution in [0.15, 0.2) is 29.2 Å². The van der Waals surface area contributed by atoms with Gasteiger partial charge in [-0.05, 0) is 43.7 Å². The third-order valence-corrected chi connectivity index (χ3v) is 7.23. The van der Waals surface area contributed by atoms with Gasteiger partial charge in [0.2, 0.25) is 0 Å². The first-order valence-electron chi connectivity index (χ1n) is 5.62. The minimum atomic E-state index is -3.09. The van der Waals surface area contributed by atoms with E-state index in [2.05, 4.69) is 0 Å². The summed E-state index contributed by atoms with van der Waals surface area (Å²) < 4.78 is 24.8. The normalized spacial score (nSPS) is 23.4. The van der Waals surface area contributed by atoms with Crippen LogP contribution in [0, 0.1) is 6.92 Å². The molecule has 1 aliphatic heterocycles. The second kappa shape index (κ2) is 4.85. The second-order valence-corrected chi connectivity index (χ2v) is 7.88. The zero-order valence-electron chi connectivity index (χ0n) is 9.44. The molecule has 2 unspecified atom stereocenters. The molecule has 1 aromatic rings. The van der Waals surface area contributed by atoms with Crippen molar-refractivity contribution in [2.24, 2.45) is 0 Å². The number of benzene rings is 1. The Labute approximate surface area is 99.2 Å². The van der Waals surface area contributed by atoms with Crippen molar-refractivity contribution in [1.82, 2.24) is 0 Å². The lowest BCUT2D eigenvalue weighted by atomic mass is 10.2. The molecule has 1 fully saturated rings. The van der Waals surface area contributed by atoms with Crippen LogP contribution in [0.1, 0.15) is 18.4 Å². The molecule has 1 saturated heterocycles. The topological polar surface area (TPSA) is 34.1 Å². The summed E-state index contributed by atoms with van der Waals surface area (Å²) in [5, 5.41) is -0.138. The summed E-state index contributed by atoms with van der Waals surface area (Å²) >= 11 is 0. The van der Waals surface area contributed by atoms with Crippen molar-refractivity contribution >= 4 is 18.4 Å². The number of hydrogen-bond donors (Lipinski definition) is 0. The molecule has 0 spiro atoms. The van der Waals surface area contributed by atoms with Gasteiger partial charge in [-0.1, -0.05) is 18.2 Å². The van der Waals surface area contributed by atoms with Gasteiger partial charge >= 0.3 is 0 Å². The van der Waals surface area contributed by atoms with E-state index in [0.29, 0.717) is 4.90 Å². The molecule has 2 nitrogen and oxygen atoms in total. The van der Waals surface area contributed by atoms with E-state index >= 15 is 0 Å². The first-order chi connectivity index (χ1) is 7.62. The van der Waals surface area contributed by atoms with E-state index in [-0.39, 0.29) is 5.25 Å². The average molecular weight is 256 g/mol. The van der Waals surface area contributed by atoms with Crippen molar-refractivity contribution < 1.29 is 8.42 Å². The molecule has 0 bridgehead atoms. The molecule has 0 aliphatic carbocycles. The highest BCUT2D eigenvalue weighted by atomic mass is 32.2. The zero-order chi connectivity index (χ0) is 11.6. The standard InChI is InChI=1S/C12H17O2PS/c1-10-5-2-3-7-12(10)16(13,14)11-6-4-8-15-9-11/h2-3,5,7,11,15H,4,6,8-9H2,1H3. The molecule has 0 amide bonds. The van der Waals surface area contributed by atoms with E-state index in [9.17, 15) is 8.42 Å². The summed E-state index contributed by atoms with van der Waals surface area (Å²) in [5.74, 6) is 0. The van der Waals surface area contributed by atoms with E-state index in [4.69, 9.17) is 0 Å². The van der Waals surface area contributed by atoms with E-state index in [1.54, 1.807) is 6.07 Å². The van der Waals surface area contributed by atoms with Gasteiger partial charge in [0.15, 0.2) is 9.84 Å². The summed E-state index contributed by atoms with van der Waals surface area (Å²) in [4.78, 5) is 0.534. The van der Waals surface area contributed by atoms with Gasteiger partial charge < -0.3 is 0 Å². The van der Waals surface area contributed by atoms with E-state index < -0.39 is 9.84 Å². The number of rotatable bonds is 2. The Bertz CT molecular complexity index is 462. The van der Waals surface area contributed by atoms with Gasteiger partial charge in [0, 0.05) is 0 Å². The number of aryl methyl sites for hydroxylation is 1. The largest absolute Gasteiger partial charge is 0.223 e. The van der Waals surface area contributed by atoms with Crippen LogP contribution in [-0.2, 0) is 9.84 Å². The Hall–Kier alpha value is -0.400. The van der Waals surface area contributed by atoms with Crippen molar-refractivity contribution in [2.45, 2.75) is 29.9 Å². The second-order valence-electron chi connectivity index (χ2n) is 4.28. The molecule has 1 aliphatic rings. The maximum Gasteiger partial charge on any atom is 0.181 e. The molecule has 2 atom stereocenters. The molecule has 0 saturated carbocycles. The molecule has 1 heterocycles. The highest BCUT2D eigenvalue weighted by Crippen LogP contribution is 2.31. The van der Waals surface area contributed by atoms with Gasteiger partial charge in [-0.15, -0.1) is 8.58 Å². The highest BCUT2D eigenvalue weighted by Gasteiger charge is 2.29. The van der Waals surface area contributed by atoms with Crippen molar-refractivity contribution in [2.75, 3.05) is 12.3 Å². The van der Waals surface area contributed by atoms with Crippen LogP contribution in [0.3, 0.4) is 0 Å². The molecule has 16 heavy (non-hydrogen) atoms. The van der Waals surface area contributed by atoms with Gasteiger partial charge in [-0.2, -0.15) is 0 Å². The lowest BCUT2D eigenvalue weighted by Gasteiger charge is -2.22. The Morgan fingerprint density at radius 2 is 2.06 bits per heavy atom. The fourth-order valence-corrected chi connectivity index (χ4v) is 6.18. The van der Waals surface area contributed by atoms with Crippen LogP contribution in [-0.4, -0.2) is 26.0 Å². The van der Waals surface area contributed by atoms with Crippen LogP contribution < -0.4 is 0 Å². The maximum absolute atomic E-state index is 12.4. The summed E-state index contributed by atoms with van der Waals surface area (Å²) in [6.07, 6.45) is 3.97. The van der Waals surface area contributed by atoms with Crippen LogP contribution in [0.5, 0.6) is 0 Å². The van der Waals surface area contributed by atoms with Gasteiger partial charge in [0.1, 0.15) is 0 Å². The van der Waals surface area contributed by atoms with E-state index in [1.807, 2.05) is 25.1 Å². The van der Waals surface area contributed by atoms with Crippen LogP contribution in [0.25, 0.3) is 0 Å². The minimum absolute atomic E-state index is 0.138. The van der Waals surface area contributed by atoms with Crippen molar-refractivity contribution in [1.29, 1.82) is 0 Å². The quantitative estimate of drug-likeness (QED) is 0.762. The fourth-order valence-electron chi connectivity index (χ4n) is 2.14. The molecular formula is C12H17O2PS. The van der Waals surface area contributed by atoms with Gasteiger partial charge in [0.05, 0.1) is 10.1 Å². The van der Waals surface area contributed by atoms with E-state index in [0.717, 1.165) is 33.1 Å². The monoisotopic (exact) mass is 256 g/mol. The summed E-state index contributed by atoms with van der Waals surface area (Å²) in [6.45, 7) is 1.87. The van der Waals surface area contributed by atoms with Crippen LogP contribution in [0.4, 0.5) is 0 Å². The van der Waals surface area contributed by atoms with Crippen LogP contribution in [0.2, 0.25) is 0 Å². The highest BCUT2D eigenvalue weighted by molar-refractivity contribution is 7.92. The van der Waals surface area contributed by atoms with Crippen molar-refractivity contribution in [3.63, 3.8) is 0 Å². The van der Waals surface area contributed by atoms with Crippen LogP contribution >= 0.6 is 8.58 Å². The molecule has 1 aromatic carbocycles. The number of hydrogen-bond acceptors (Lipinski definition) is 2. The molecular weight excluding hydrogens is 239 g/mol. The SMILES string of the molecule is Cc1ccccc1S(=O)(=O)C1CCCPC1. The molecule has 0 radical (unpaired) electrons. The third-order valence-electron chi connectivity index (χ3n) is 3.09. The van der Waals surface area contributed by atoms with E-state index in [1.165, 1.54) is 6.16 Å². The summed E-state index contributed by atoms with van der Waals surface area (Å²) in [6, 6.07) is 7.31. The Kier molecular flexibility index (Phi) is 3.66. The molecule has 4 heteroatoms. The molecule has 0 aromatic heterocycles. The third kappa shape index (κ3) is 2.31. The summed E-state index contributed by atoms with van der Waals surface area (Å²) in [5.41, 5.74) is 0.872. The molecule has 88 valence electrons. The first-order valence-corrected chi connectivity index (χ1v) is 8.58. The molecule has 2 rings (SSSR count). The zero-order valence-corrected chi connectivity index (χ0v) is 11.3. The smallest absolute Gasteiger partial charge is 0.181 e. The Morgan fingerprint density at radius 1 is 1.31 bits per heavy atom. The predicted molar refractivity (Wildman–Crippen MR) is 69.4 cm³/mol. The van der Waals surface area contributed by atoms with Gasteiger partial charge in [-0.3, -0.25) is 0 Å². The minimum Gasteiger partial charge on any atom is -0.223 e. The lowest BCUT2D eigenvalue weighted by molar-refractivity contribution is 0.574. The Morgan fingerprint density at radius 3 is 2.69 bits per heavy atom.